The molecule has 2 fully saturated rings. The SMILES string of the molecule is CC(C)OC[C@H]1O[C@@H](C)CC1NP(=O)([O-])OC[C@H]1O[C@@H](C)[C@@H](O)C1OC(C)C. The van der Waals surface area contributed by atoms with Gasteiger partial charge < -0.3 is 33.5 Å². The standard InChI is InChI=1S/C18H36NO8P/c1-10(2)23-8-15-14(7-12(5)26-15)19-28(21,22)24-9-16-18(25-11(3)4)17(20)13(6)27-16/h10-18,20H,7-9H2,1-6H3,(H2,19,21,22)/p-1/t12-,13-,14?,15+,16+,17+,18?/m0/s1. The van der Waals surface area contributed by atoms with E-state index in [-0.39, 0.29) is 31.0 Å². The zero-order valence-electron chi connectivity index (χ0n) is 17.6. The van der Waals surface area contributed by atoms with Crippen LogP contribution >= 0.6 is 7.75 Å². The van der Waals surface area contributed by atoms with E-state index in [0.29, 0.717) is 13.0 Å². The largest absolute Gasteiger partial charge is 0.766 e. The molecule has 0 aliphatic carbocycles. The highest BCUT2D eigenvalue weighted by atomic mass is 31.2. The van der Waals surface area contributed by atoms with Gasteiger partial charge in [-0.2, -0.15) is 0 Å². The van der Waals surface area contributed by atoms with Crippen molar-refractivity contribution in [3.8, 4) is 0 Å². The van der Waals surface area contributed by atoms with Crippen LogP contribution in [0.4, 0.5) is 0 Å². The van der Waals surface area contributed by atoms with E-state index < -0.39 is 38.2 Å². The number of rotatable bonds is 10. The van der Waals surface area contributed by atoms with E-state index in [1.807, 2.05) is 34.6 Å². The highest BCUT2D eigenvalue weighted by Crippen LogP contribution is 2.37. The summed E-state index contributed by atoms with van der Waals surface area (Å²) in [6, 6.07) is -0.422. The van der Waals surface area contributed by atoms with Gasteiger partial charge in [-0.15, -0.1) is 0 Å². The van der Waals surface area contributed by atoms with Crippen LogP contribution in [0.15, 0.2) is 0 Å². The zero-order chi connectivity index (χ0) is 21.1. The van der Waals surface area contributed by atoms with Crippen LogP contribution in [-0.2, 0) is 28.0 Å². The molecule has 0 amide bonds. The average Bonchev–Trinajstić information content (AvgIpc) is 3.04. The molecule has 3 unspecified atom stereocenters. The summed E-state index contributed by atoms with van der Waals surface area (Å²) < 4.78 is 40.3. The molecule has 2 aliphatic heterocycles. The van der Waals surface area contributed by atoms with Crippen molar-refractivity contribution in [2.45, 2.75) is 103 Å². The van der Waals surface area contributed by atoms with Gasteiger partial charge in [0.15, 0.2) is 0 Å². The normalized spacial score (nSPS) is 38.4. The van der Waals surface area contributed by atoms with Gasteiger partial charge in [-0.05, 0) is 48.0 Å². The lowest BCUT2D eigenvalue weighted by Gasteiger charge is -2.31. The molecule has 0 aromatic rings. The van der Waals surface area contributed by atoms with E-state index in [4.69, 9.17) is 23.5 Å². The molecule has 8 atom stereocenters. The van der Waals surface area contributed by atoms with E-state index in [9.17, 15) is 14.6 Å². The fourth-order valence-electron chi connectivity index (χ4n) is 3.49. The van der Waals surface area contributed by atoms with Crippen molar-refractivity contribution in [3.63, 3.8) is 0 Å². The minimum atomic E-state index is -4.36. The summed E-state index contributed by atoms with van der Waals surface area (Å²) in [6.45, 7) is 11.2. The van der Waals surface area contributed by atoms with Crippen molar-refractivity contribution in [2.75, 3.05) is 13.2 Å². The predicted octanol–water partition coefficient (Wildman–Crippen LogP) is 0.974. The number of hydrogen-bond acceptors (Lipinski definition) is 8. The van der Waals surface area contributed by atoms with Gasteiger partial charge in [0.05, 0.1) is 43.7 Å². The molecule has 0 saturated carbocycles. The Morgan fingerprint density at radius 3 is 2.43 bits per heavy atom. The van der Waals surface area contributed by atoms with Crippen LogP contribution in [0.2, 0.25) is 0 Å². The van der Waals surface area contributed by atoms with Gasteiger partial charge in [0.2, 0.25) is 7.75 Å². The molecule has 0 bridgehead atoms. The zero-order valence-corrected chi connectivity index (χ0v) is 18.5. The van der Waals surface area contributed by atoms with Crippen molar-refractivity contribution in [3.05, 3.63) is 0 Å². The fraction of sp³-hybridized carbons (Fsp3) is 1.00. The third-order valence-corrected chi connectivity index (χ3v) is 5.91. The smallest absolute Gasteiger partial charge is 0.204 e. The number of ether oxygens (including phenoxy) is 4. The number of aliphatic hydroxyl groups is 1. The van der Waals surface area contributed by atoms with E-state index in [1.54, 1.807) is 6.92 Å². The fourth-order valence-corrected chi connectivity index (χ4v) is 4.58. The second-order valence-corrected chi connectivity index (χ2v) is 9.66. The average molecular weight is 424 g/mol. The van der Waals surface area contributed by atoms with Crippen molar-refractivity contribution < 1.29 is 38.0 Å². The molecule has 0 aromatic heterocycles. The Kier molecular flexibility index (Phi) is 8.88. The van der Waals surface area contributed by atoms with Crippen LogP contribution in [0.3, 0.4) is 0 Å². The third kappa shape index (κ3) is 7.00. The molecule has 28 heavy (non-hydrogen) atoms. The van der Waals surface area contributed by atoms with Gasteiger partial charge in [0, 0.05) is 6.04 Å². The number of aliphatic hydroxyl groups excluding tert-OH is 1. The van der Waals surface area contributed by atoms with E-state index >= 15 is 0 Å². The van der Waals surface area contributed by atoms with Crippen LogP contribution in [0, 0.1) is 0 Å². The Morgan fingerprint density at radius 2 is 1.82 bits per heavy atom. The molecule has 2 rings (SSSR count). The molecule has 2 heterocycles. The molecule has 2 N–H and O–H groups in total. The maximum absolute atomic E-state index is 12.5. The van der Waals surface area contributed by atoms with Gasteiger partial charge in [-0.3, -0.25) is 9.65 Å². The highest BCUT2D eigenvalue weighted by molar-refractivity contribution is 7.49. The van der Waals surface area contributed by atoms with Gasteiger partial charge in [0.1, 0.15) is 18.3 Å². The lowest BCUT2D eigenvalue weighted by atomic mass is 10.1. The summed E-state index contributed by atoms with van der Waals surface area (Å²) in [4.78, 5) is 12.5. The lowest BCUT2D eigenvalue weighted by molar-refractivity contribution is -0.207. The second-order valence-electron chi connectivity index (χ2n) is 8.15. The minimum absolute atomic E-state index is 0.0290. The van der Waals surface area contributed by atoms with Gasteiger partial charge in [-0.1, -0.05) is 0 Å². The molecule has 10 heteroatoms. The molecular formula is C18H35NO8P-. The first-order valence-electron chi connectivity index (χ1n) is 9.98. The van der Waals surface area contributed by atoms with Crippen molar-refractivity contribution in [2.24, 2.45) is 0 Å². The van der Waals surface area contributed by atoms with E-state index in [0.717, 1.165) is 0 Å². The Hall–Kier alpha value is -0.0900. The van der Waals surface area contributed by atoms with E-state index in [2.05, 4.69) is 5.09 Å². The predicted molar refractivity (Wildman–Crippen MR) is 101 cm³/mol. The van der Waals surface area contributed by atoms with Gasteiger partial charge in [-0.25, -0.2) is 0 Å². The van der Waals surface area contributed by atoms with Crippen LogP contribution in [0.5, 0.6) is 0 Å². The maximum Gasteiger partial charge on any atom is 0.204 e. The molecule has 2 saturated heterocycles. The van der Waals surface area contributed by atoms with E-state index in [1.165, 1.54) is 0 Å². The summed E-state index contributed by atoms with van der Waals surface area (Å²) in [5.74, 6) is 0. The summed E-state index contributed by atoms with van der Waals surface area (Å²) in [6.07, 6.45) is -2.62. The molecule has 0 radical (unpaired) electrons. The van der Waals surface area contributed by atoms with Crippen LogP contribution < -0.4 is 9.98 Å². The number of nitrogens with one attached hydrogen (secondary N) is 1. The summed E-state index contributed by atoms with van der Waals surface area (Å²) in [7, 11) is -4.36. The first-order chi connectivity index (χ1) is 13.0. The van der Waals surface area contributed by atoms with Crippen LogP contribution in [0.25, 0.3) is 0 Å². The Balaban J connectivity index is 1.90. The number of hydrogen-bond donors (Lipinski definition) is 2. The monoisotopic (exact) mass is 424 g/mol. The molecule has 0 aromatic carbocycles. The highest BCUT2D eigenvalue weighted by Gasteiger charge is 2.43. The Morgan fingerprint density at radius 1 is 1.14 bits per heavy atom. The Labute approximate surface area is 167 Å². The molecule has 2 aliphatic rings. The maximum atomic E-state index is 12.5. The molecule has 166 valence electrons. The van der Waals surface area contributed by atoms with Crippen molar-refractivity contribution >= 4 is 7.75 Å². The quantitative estimate of drug-likeness (QED) is 0.495. The second kappa shape index (κ2) is 10.3. The summed E-state index contributed by atoms with van der Waals surface area (Å²) >= 11 is 0. The molecule has 0 spiro atoms. The minimum Gasteiger partial charge on any atom is -0.766 e. The molecule has 9 nitrogen and oxygen atoms in total. The van der Waals surface area contributed by atoms with Crippen molar-refractivity contribution in [1.29, 1.82) is 0 Å². The summed E-state index contributed by atoms with van der Waals surface area (Å²) in [5.41, 5.74) is 0. The van der Waals surface area contributed by atoms with Gasteiger partial charge in [0.25, 0.3) is 0 Å². The van der Waals surface area contributed by atoms with Crippen LogP contribution in [-0.4, -0.2) is 73.2 Å². The molecular weight excluding hydrogens is 389 g/mol. The van der Waals surface area contributed by atoms with Crippen molar-refractivity contribution in [1.82, 2.24) is 5.09 Å². The van der Waals surface area contributed by atoms with Crippen LogP contribution in [0.1, 0.15) is 48.0 Å². The lowest BCUT2D eigenvalue weighted by Crippen LogP contribution is -2.42. The topological polar surface area (TPSA) is 119 Å². The first-order valence-corrected chi connectivity index (χ1v) is 11.5. The van der Waals surface area contributed by atoms with Gasteiger partial charge >= 0.3 is 0 Å². The summed E-state index contributed by atoms with van der Waals surface area (Å²) in [5, 5.41) is 12.8. The first kappa shape index (κ1) is 24.2. The Bertz CT molecular complexity index is 534. The third-order valence-electron chi connectivity index (χ3n) is 4.77.